The van der Waals surface area contributed by atoms with Gasteiger partial charge in [-0.25, -0.2) is 0 Å². The maximum atomic E-state index is 13.1. The largest absolute Gasteiger partial charge is 0.497 e. The summed E-state index contributed by atoms with van der Waals surface area (Å²) in [5.74, 6) is 1.02. The van der Waals surface area contributed by atoms with Gasteiger partial charge in [0.2, 0.25) is 11.8 Å². The van der Waals surface area contributed by atoms with Gasteiger partial charge in [-0.15, -0.1) is 0 Å². The van der Waals surface area contributed by atoms with Gasteiger partial charge in [0.05, 0.1) is 19.8 Å². The quantitative estimate of drug-likeness (QED) is 0.754. The lowest BCUT2D eigenvalue weighted by molar-refractivity contribution is -0.119. The number of hydrogen-bond acceptors (Lipinski definition) is 5. The first-order valence-corrected chi connectivity index (χ1v) is 11.1. The van der Waals surface area contributed by atoms with Gasteiger partial charge in [0, 0.05) is 49.9 Å². The fourth-order valence-electron chi connectivity index (χ4n) is 4.67. The van der Waals surface area contributed by atoms with Gasteiger partial charge in [-0.3, -0.25) is 14.4 Å². The summed E-state index contributed by atoms with van der Waals surface area (Å²) in [5.41, 5.74) is 3.20. The molecule has 2 aliphatic rings. The van der Waals surface area contributed by atoms with Gasteiger partial charge in [0.1, 0.15) is 11.5 Å². The number of nitrogens with zero attached hydrogens (tertiary/aromatic N) is 2. The third-order valence-electron chi connectivity index (χ3n) is 6.29. The molecule has 2 aliphatic heterocycles. The molecule has 0 bridgehead atoms. The van der Waals surface area contributed by atoms with E-state index in [0.29, 0.717) is 55.8 Å². The molecule has 0 unspecified atom stereocenters. The summed E-state index contributed by atoms with van der Waals surface area (Å²) in [5, 5.41) is 2.81. The molecule has 0 saturated carbocycles. The molecule has 8 heteroatoms. The average Bonchev–Trinajstić information content (AvgIpc) is 2.83. The number of methoxy groups -OCH3 is 2. The number of hydrogen-bond donors (Lipinski definition) is 1. The molecular weight excluding hydrogens is 422 g/mol. The van der Waals surface area contributed by atoms with Crippen LogP contribution in [0.5, 0.6) is 11.5 Å². The SMILES string of the molecule is COc1ccc(C(=O)N2CCC(N3C(=O)CCc4cc(NC(C)=O)ccc43)CC2)c(OC)c1. The highest BCUT2D eigenvalue weighted by Crippen LogP contribution is 2.35. The molecule has 4 rings (SSSR count). The van der Waals surface area contributed by atoms with Crippen LogP contribution >= 0.6 is 0 Å². The van der Waals surface area contributed by atoms with Crippen molar-refractivity contribution in [2.75, 3.05) is 37.5 Å². The Kier molecular flexibility index (Phi) is 6.53. The minimum atomic E-state index is -0.121. The summed E-state index contributed by atoms with van der Waals surface area (Å²) in [6.07, 6.45) is 2.50. The number of rotatable bonds is 5. The van der Waals surface area contributed by atoms with Crippen molar-refractivity contribution >= 4 is 29.1 Å². The Morgan fingerprint density at radius 1 is 1.00 bits per heavy atom. The number of likely N-dealkylation sites (tertiary alicyclic amines) is 1. The number of nitrogens with one attached hydrogen (secondary N) is 1. The Morgan fingerprint density at radius 3 is 2.42 bits per heavy atom. The molecule has 3 amide bonds. The number of benzene rings is 2. The second kappa shape index (κ2) is 9.52. The fraction of sp³-hybridized carbons (Fsp3) is 0.400. The summed E-state index contributed by atoms with van der Waals surface area (Å²) in [6, 6.07) is 10.9. The van der Waals surface area contributed by atoms with Crippen LogP contribution < -0.4 is 19.7 Å². The van der Waals surface area contributed by atoms with Crippen molar-refractivity contribution in [3.63, 3.8) is 0 Å². The molecule has 2 aromatic carbocycles. The van der Waals surface area contributed by atoms with Crippen molar-refractivity contribution in [1.82, 2.24) is 4.90 Å². The van der Waals surface area contributed by atoms with Gasteiger partial charge < -0.3 is 24.6 Å². The van der Waals surface area contributed by atoms with Crippen LogP contribution in [-0.4, -0.2) is 56.0 Å². The van der Waals surface area contributed by atoms with Crippen molar-refractivity contribution in [3.05, 3.63) is 47.5 Å². The number of aryl methyl sites for hydroxylation is 1. The van der Waals surface area contributed by atoms with Crippen molar-refractivity contribution in [2.45, 2.75) is 38.6 Å². The van der Waals surface area contributed by atoms with Gasteiger partial charge >= 0.3 is 0 Å². The lowest BCUT2D eigenvalue weighted by Crippen LogP contribution is -2.50. The minimum Gasteiger partial charge on any atom is -0.497 e. The predicted octanol–water partition coefficient (Wildman–Crippen LogP) is 3.25. The van der Waals surface area contributed by atoms with E-state index in [1.807, 2.05) is 28.0 Å². The van der Waals surface area contributed by atoms with E-state index < -0.39 is 0 Å². The lowest BCUT2D eigenvalue weighted by atomic mass is 9.94. The van der Waals surface area contributed by atoms with Crippen molar-refractivity contribution in [1.29, 1.82) is 0 Å². The van der Waals surface area contributed by atoms with Crippen LogP contribution in [0.3, 0.4) is 0 Å². The molecule has 0 aliphatic carbocycles. The average molecular weight is 452 g/mol. The first-order valence-electron chi connectivity index (χ1n) is 11.1. The molecule has 33 heavy (non-hydrogen) atoms. The monoisotopic (exact) mass is 451 g/mol. The van der Waals surface area contributed by atoms with Gasteiger partial charge in [-0.1, -0.05) is 0 Å². The number of carbonyl (C=O) groups is 3. The standard InChI is InChI=1S/C25H29N3O5/c1-16(29)26-18-5-8-22-17(14-18)4-9-24(30)28(22)19-10-12-27(13-11-19)25(31)21-7-6-20(32-2)15-23(21)33-3/h5-8,14-15,19H,4,9-13H2,1-3H3,(H,26,29). The van der Waals surface area contributed by atoms with E-state index in [-0.39, 0.29) is 23.8 Å². The van der Waals surface area contributed by atoms with E-state index in [2.05, 4.69) is 5.32 Å². The number of piperidine rings is 1. The highest BCUT2D eigenvalue weighted by molar-refractivity contribution is 5.99. The molecule has 1 fully saturated rings. The Labute approximate surface area is 193 Å². The molecule has 8 nitrogen and oxygen atoms in total. The molecular formula is C25H29N3O5. The highest BCUT2D eigenvalue weighted by atomic mass is 16.5. The third-order valence-corrected chi connectivity index (χ3v) is 6.29. The first kappa shape index (κ1) is 22.6. The summed E-state index contributed by atoms with van der Waals surface area (Å²) < 4.78 is 10.6. The summed E-state index contributed by atoms with van der Waals surface area (Å²) >= 11 is 0. The smallest absolute Gasteiger partial charge is 0.257 e. The Balaban J connectivity index is 1.48. The van der Waals surface area contributed by atoms with Gasteiger partial charge in [0.25, 0.3) is 5.91 Å². The zero-order chi connectivity index (χ0) is 23.5. The van der Waals surface area contributed by atoms with E-state index in [9.17, 15) is 14.4 Å². The molecule has 1 saturated heterocycles. The van der Waals surface area contributed by atoms with E-state index >= 15 is 0 Å². The summed E-state index contributed by atoms with van der Waals surface area (Å²) in [4.78, 5) is 41.1. The normalized spacial score (nSPS) is 16.3. The molecule has 2 heterocycles. The van der Waals surface area contributed by atoms with Crippen LogP contribution in [0.25, 0.3) is 0 Å². The topological polar surface area (TPSA) is 88.2 Å². The molecule has 0 spiro atoms. The number of fused-ring (bicyclic) bond motifs is 1. The van der Waals surface area contributed by atoms with Crippen LogP contribution in [0.4, 0.5) is 11.4 Å². The van der Waals surface area contributed by atoms with E-state index in [1.165, 1.54) is 14.0 Å². The Hall–Kier alpha value is -3.55. The number of anilines is 2. The second-order valence-electron chi connectivity index (χ2n) is 8.38. The zero-order valence-electron chi connectivity index (χ0n) is 19.2. The number of amides is 3. The Bertz CT molecular complexity index is 1080. The fourth-order valence-corrected chi connectivity index (χ4v) is 4.67. The molecule has 2 aromatic rings. The molecule has 174 valence electrons. The molecule has 1 N–H and O–H groups in total. The third kappa shape index (κ3) is 4.65. The van der Waals surface area contributed by atoms with Crippen molar-refractivity contribution < 1.29 is 23.9 Å². The van der Waals surface area contributed by atoms with E-state index in [4.69, 9.17) is 9.47 Å². The van der Waals surface area contributed by atoms with Gasteiger partial charge in [-0.05, 0) is 55.2 Å². The number of ether oxygens (including phenoxy) is 2. The second-order valence-corrected chi connectivity index (χ2v) is 8.38. The van der Waals surface area contributed by atoms with Crippen LogP contribution in [0.1, 0.15) is 42.1 Å². The van der Waals surface area contributed by atoms with E-state index in [0.717, 1.165) is 16.9 Å². The maximum absolute atomic E-state index is 13.1. The van der Waals surface area contributed by atoms with Crippen LogP contribution in [0.2, 0.25) is 0 Å². The first-order chi connectivity index (χ1) is 15.9. The highest BCUT2D eigenvalue weighted by Gasteiger charge is 2.34. The van der Waals surface area contributed by atoms with Gasteiger partial charge in [-0.2, -0.15) is 0 Å². The molecule has 0 atom stereocenters. The number of carbonyl (C=O) groups excluding carboxylic acids is 3. The summed E-state index contributed by atoms with van der Waals surface area (Å²) in [7, 11) is 3.11. The van der Waals surface area contributed by atoms with Crippen molar-refractivity contribution in [2.24, 2.45) is 0 Å². The van der Waals surface area contributed by atoms with E-state index in [1.54, 1.807) is 25.3 Å². The zero-order valence-corrected chi connectivity index (χ0v) is 19.2. The Morgan fingerprint density at radius 2 is 1.76 bits per heavy atom. The van der Waals surface area contributed by atoms with Crippen LogP contribution in [-0.2, 0) is 16.0 Å². The van der Waals surface area contributed by atoms with Gasteiger partial charge in [0.15, 0.2) is 0 Å². The lowest BCUT2D eigenvalue weighted by Gasteiger charge is -2.41. The maximum Gasteiger partial charge on any atom is 0.257 e. The predicted molar refractivity (Wildman–Crippen MR) is 125 cm³/mol. The molecule has 0 aromatic heterocycles. The van der Waals surface area contributed by atoms with Crippen LogP contribution in [0, 0.1) is 0 Å². The van der Waals surface area contributed by atoms with Crippen molar-refractivity contribution in [3.8, 4) is 11.5 Å². The van der Waals surface area contributed by atoms with Crippen LogP contribution in [0.15, 0.2) is 36.4 Å². The molecule has 0 radical (unpaired) electrons. The summed E-state index contributed by atoms with van der Waals surface area (Å²) in [6.45, 7) is 2.59. The minimum absolute atomic E-state index is 0.0324.